The van der Waals surface area contributed by atoms with Gasteiger partial charge in [0.2, 0.25) is 0 Å². The molecular weight excluding hydrogens is 208 g/mol. The number of sulfone groups is 1. The second-order valence-corrected chi connectivity index (χ2v) is 5.00. The van der Waals surface area contributed by atoms with E-state index in [2.05, 4.69) is 4.74 Å². The van der Waals surface area contributed by atoms with E-state index in [0.29, 0.717) is 0 Å². The number of ether oxygens (including phenoxy) is 1. The zero-order valence-corrected chi connectivity index (χ0v) is 7.51. The van der Waals surface area contributed by atoms with Gasteiger partial charge in [-0.05, 0) is 0 Å². The van der Waals surface area contributed by atoms with E-state index in [0.717, 1.165) is 0 Å². The Hall–Kier alpha value is -0.330. The predicted molar refractivity (Wildman–Crippen MR) is 40.8 cm³/mol. The van der Waals surface area contributed by atoms with E-state index in [1.165, 1.54) is 0 Å². The highest BCUT2D eigenvalue weighted by Crippen LogP contribution is 2.16. The Balaban J connectivity index is 2.64. The van der Waals surface area contributed by atoms with Gasteiger partial charge in [-0.25, -0.2) is 13.2 Å². The summed E-state index contributed by atoms with van der Waals surface area (Å²) in [6, 6.07) is 0. The van der Waals surface area contributed by atoms with Crippen LogP contribution in [0.15, 0.2) is 0 Å². The van der Waals surface area contributed by atoms with E-state index in [9.17, 15) is 13.2 Å². The van der Waals surface area contributed by atoms with Crippen molar-refractivity contribution in [2.24, 2.45) is 0 Å². The topological polar surface area (TPSA) is 80.7 Å². The smallest absolute Gasteiger partial charge is 0.404 e. The van der Waals surface area contributed by atoms with E-state index < -0.39 is 27.5 Å². The van der Waals surface area contributed by atoms with Crippen LogP contribution in [0, 0.1) is 0 Å². The largest absolute Gasteiger partial charge is 0.446 e. The molecule has 0 spiro atoms. The molecule has 0 radical (unpaired) electrons. The molecule has 1 fully saturated rings. The van der Waals surface area contributed by atoms with E-state index in [1.54, 1.807) is 0 Å². The van der Waals surface area contributed by atoms with Crippen LogP contribution in [0.2, 0.25) is 0 Å². The third-order valence-corrected chi connectivity index (χ3v) is 3.29. The van der Waals surface area contributed by atoms with Crippen molar-refractivity contribution in [3.05, 3.63) is 0 Å². The number of hydrogen-bond donors (Lipinski definition) is 1. The summed E-state index contributed by atoms with van der Waals surface area (Å²) >= 11 is 4.85. The van der Waals surface area contributed by atoms with Crippen molar-refractivity contribution < 1.29 is 23.1 Å². The van der Waals surface area contributed by atoms with Crippen LogP contribution in [0.25, 0.3) is 0 Å². The molecule has 2 atom stereocenters. The summed E-state index contributed by atoms with van der Waals surface area (Å²) in [6.45, 7) is 0. The summed E-state index contributed by atoms with van der Waals surface area (Å²) in [5.41, 5.74) is -1.10. The molecule has 0 aromatic rings. The Morgan fingerprint density at radius 1 is 1.50 bits per heavy atom. The SMILES string of the molecule is O=C(Cl)O[C@@H]1CS(=O)(=O)C[C@@H]1O. The third kappa shape index (κ3) is 2.33. The van der Waals surface area contributed by atoms with Gasteiger partial charge < -0.3 is 9.84 Å². The van der Waals surface area contributed by atoms with Crippen LogP contribution in [0.1, 0.15) is 0 Å². The van der Waals surface area contributed by atoms with Crippen molar-refractivity contribution in [3.8, 4) is 0 Å². The summed E-state index contributed by atoms with van der Waals surface area (Å²) in [5.74, 6) is -0.728. The number of halogens is 1. The predicted octanol–water partition coefficient (Wildman–Crippen LogP) is -0.480. The number of rotatable bonds is 1. The van der Waals surface area contributed by atoms with Gasteiger partial charge in [0.05, 0.1) is 11.5 Å². The molecule has 0 unspecified atom stereocenters. The van der Waals surface area contributed by atoms with Crippen LogP contribution < -0.4 is 0 Å². The Labute approximate surface area is 74.2 Å². The highest BCUT2D eigenvalue weighted by Gasteiger charge is 2.38. The van der Waals surface area contributed by atoms with Crippen molar-refractivity contribution in [2.45, 2.75) is 12.2 Å². The molecule has 5 nitrogen and oxygen atoms in total. The molecule has 12 heavy (non-hydrogen) atoms. The molecule has 1 heterocycles. The maximum atomic E-state index is 10.8. The highest BCUT2D eigenvalue weighted by molar-refractivity contribution is 7.91. The van der Waals surface area contributed by atoms with Gasteiger partial charge in [0.15, 0.2) is 9.84 Å². The molecule has 0 aliphatic carbocycles. The number of carbonyl (C=O) groups is 1. The lowest BCUT2D eigenvalue weighted by Crippen LogP contribution is -2.27. The van der Waals surface area contributed by atoms with Gasteiger partial charge in [-0.3, -0.25) is 0 Å². The number of aliphatic hydroxyl groups excluding tert-OH is 1. The quantitative estimate of drug-likeness (QED) is 0.597. The fourth-order valence-electron chi connectivity index (χ4n) is 1.03. The van der Waals surface area contributed by atoms with Crippen LogP contribution in [0.5, 0.6) is 0 Å². The fraction of sp³-hybridized carbons (Fsp3) is 0.800. The summed E-state index contributed by atoms with van der Waals surface area (Å²) in [5, 5.41) is 9.06. The maximum Gasteiger partial charge on any atom is 0.404 e. The molecule has 1 aliphatic heterocycles. The minimum atomic E-state index is -3.28. The average Bonchev–Trinajstić information content (AvgIpc) is 2.03. The second kappa shape index (κ2) is 3.20. The fourth-order valence-corrected chi connectivity index (χ4v) is 2.80. The Bertz CT molecular complexity index is 284. The van der Waals surface area contributed by atoms with E-state index >= 15 is 0 Å². The van der Waals surface area contributed by atoms with Crippen molar-refractivity contribution >= 4 is 26.9 Å². The third-order valence-electron chi connectivity index (χ3n) is 1.52. The van der Waals surface area contributed by atoms with Crippen LogP contribution in [-0.2, 0) is 14.6 Å². The van der Waals surface area contributed by atoms with Crippen LogP contribution in [-0.4, -0.2) is 42.7 Å². The van der Waals surface area contributed by atoms with Crippen molar-refractivity contribution in [2.75, 3.05) is 11.5 Å². The van der Waals surface area contributed by atoms with Gasteiger partial charge in [0.25, 0.3) is 0 Å². The lowest BCUT2D eigenvalue weighted by molar-refractivity contribution is 0.0453. The molecule has 1 aliphatic rings. The van der Waals surface area contributed by atoms with Gasteiger partial charge in [-0.2, -0.15) is 0 Å². The molecule has 1 saturated heterocycles. The van der Waals surface area contributed by atoms with Gasteiger partial charge in [-0.15, -0.1) is 0 Å². The van der Waals surface area contributed by atoms with E-state index in [-0.39, 0.29) is 11.5 Å². The van der Waals surface area contributed by atoms with Crippen LogP contribution in [0.4, 0.5) is 4.79 Å². The molecule has 0 amide bonds. The van der Waals surface area contributed by atoms with Crippen molar-refractivity contribution in [3.63, 3.8) is 0 Å². The zero-order chi connectivity index (χ0) is 9.35. The van der Waals surface area contributed by atoms with Crippen molar-refractivity contribution in [1.82, 2.24) is 0 Å². The molecular formula is C5H7ClO5S. The zero-order valence-electron chi connectivity index (χ0n) is 5.94. The number of aliphatic hydroxyl groups is 1. The van der Waals surface area contributed by atoms with Gasteiger partial charge >= 0.3 is 5.43 Å². The minimum absolute atomic E-state index is 0.355. The molecule has 0 aromatic carbocycles. The molecule has 0 bridgehead atoms. The monoisotopic (exact) mass is 214 g/mol. The Kier molecular flexibility index (Phi) is 2.60. The lowest BCUT2D eigenvalue weighted by atomic mass is 10.3. The van der Waals surface area contributed by atoms with E-state index in [4.69, 9.17) is 16.7 Å². The first-order chi connectivity index (χ1) is 5.41. The van der Waals surface area contributed by atoms with Gasteiger partial charge in [0, 0.05) is 11.6 Å². The lowest BCUT2D eigenvalue weighted by Gasteiger charge is -2.10. The summed E-state index contributed by atoms with van der Waals surface area (Å²) in [7, 11) is -3.28. The van der Waals surface area contributed by atoms with Crippen LogP contribution >= 0.6 is 11.6 Å². The summed E-state index contributed by atoms with van der Waals surface area (Å²) in [4.78, 5) is 10.2. The summed E-state index contributed by atoms with van der Waals surface area (Å²) in [6.07, 6.45) is -2.17. The molecule has 7 heteroatoms. The number of carbonyl (C=O) groups excluding carboxylic acids is 1. The normalized spacial score (nSPS) is 33.2. The standard InChI is InChI=1S/C5H7ClO5S/c6-5(8)11-4-2-12(9,10)1-3(4)7/h3-4,7H,1-2H2/t3-,4+/m0/s1. The minimum Gasteiger partial charge on any atom is -0.446 e. The Morgan fingerprint density at radius 3 is 2.42 bits per heavy atom. The van der Waals surface area contributed by atoms with Crippen LogP contribution in [0.3, 0.4) is 0 Å². The van der Waals surface area contributed by atoms with Gasteiger partial charge in [0.1, 0.15) is 12.2 Å². The summed E-state index contributed by atoms with van der Waals surface area (Å²) < 4.78 is 26.0. The molecule has 70 valence electrons. The first kappa shape index (κ1) is 9.76. The molecule has 1 N–H and O–H groups in total. The first-order valence-electron chi connectivity index (χ1n) is 3.15. The average molecular weight is 215 g/mol. The maximum absolute atomic E-state index is 10.8. The van der Waals surface area contributed by atoms with E-state index in [1.807, 2.05) is 0 Å². The molecule has 1 rings (SSSR count). The first-order valence-corrected chi connectivity index (χ1v) is 5.35. The molecule has 0 aromatic heterocycles. The second-order valence-electron chi connectivity index (χ2n) is 2.54. The molecule has 0 saturated carbocycles. The number of hydrogen-bond acceptors (Lipinski definition) is 5. The Morgan fingerprint density at radius 2 is 2.08 bits per heavy atom. The highest BCUT2D eigenvalue weighted by atomic mass is 35.5. The van der Waals surface area contributed by atoms with Crippen molar-refractivity contribution in [1.29, 1.82) is 0 Å². The van der Waals surface area contributed by atoms with Gasteiger partial charge in [-0.1, -0.05) is 0 Å².